The number of Topliss-reactive ketones (excluding diaryl/α,β-unsaturated/α-hetero) is 1. The van der Waals surface area contributed by atoms with Gasteiger partial charge in [-0.2, -0.15) is 0 Å². The van der Waals surface area contributed by atoms with Crippen molar-refractivity contribution in [2.45, 2.75) is 56.7 Å². The first-order chi connectivity index (χ1) is 16.5. The lowest BCUT2D eigenvalue weighted by molar-refractivity contribution is -0.139. The van der Waals surface area contributed by atoms with Gasteiger partial charge in [0.15, 0.2) is 5.78 Å². The van der Waals surface area contributed by atoms with Crippen LogP contribution in [0.4, 0.5) is 0 Å². The highest BCUT2D eigenvalue weighted by molar-refractivity contribution is 7.16. The molecule has 9 nitrogen and oxygen atoms in total. The molecule has 1 aromatic heterocycles. The molecule has 0 aromatic carbocycles. The number of nitrogens with two attached hydrogens (primary N) is 1. The van der Waals surface area contributed by atoms with Gasteiger partial charge in [0.25, 0.3) is 5.91 Å². The van der Waals surface area contributed by atoms with E-state index in [1.807, 2.05) is 0 Å². The molecule has 2 saturated heterocycles. The van der Waals surface area contributed by atoms with E-state index in [4.69, 9.17) is 10.1 Å². The lowest BCUT2D eigenvalue weighted by atomic mass is 9.83. The largest absolute Gasteiger partial charge is 0.399 e. The summed E-state index contributed by atoms with van der Waals surface area (Å²) in [5.74, 6) is -0.472. The van der Waals surface area contributed by atoms with Crippen molar-refractivity contribution < 1.29 is 29.4 Å². The van der Waals surface area contributed by atoms with Crippen LogP contribution in [-0.2, 0) is 19.2 Å². The lowest BCUT2D eigenvalue weighted by Gasteiger charge is -2.34. The molecule has 1 unspecified atom stereocenters. The first-order valence-electron chi connectivity index (χ1n) is 11.7. The average Bonchev–Trinajstić information content (AvgIpc) is 3.58. The molecule has 1 aromatic rings. The number of likely N-dealkylation sites (tertiary alicyclic amines) is 1. The van der Waals surface area contributed by atoms with Gasteiger partial charge in [0.1, 0.15) is 25.8 Å². The van der Waals surface area contributed by atoms with Gasteiger partial charge in [0.05, 0.1) is 22.1 Å². The Hall–Kier alpha value is -2.85. The fraction of sp³-hybridized carbons (Fsp3) is 0.542. The summed E-state index contributed by atoms with van der Waals surface area (Å²) in [5, 5.41) is 12.7. The molecule has 3 aliphatic rings. The quantitative estimate of drug-likeness (QED) is 0.413. The van der Waals surface area contributed by atoms with Crippen LogP contribution in [0.25, 0.3) is 0 Å². The predicted octanol–water partition coefficient (Wildman–Crippen LogP) is 0.732. The van der Waals surface area contributed by atoms with Crippen LogP contribution in [0.2, 0.25) is 0 Å². The van der Waals surface area contributed by atoms with E-state index in [1.165, 1.54) is 24.7 Å². The van der Waals surface area contributed by atoms with E-state index in [-0.39, 0.29) is 36.2 Å². The molecule has 4 rings (SSSR count). The molecule has 34 heavy (non-hydrogen) atoms. The van der Waals surface area contributed by atoms with Crippen LogP contribution in [0, 0.1) is 5.92 Å². The summed E-state index contributed by atoms with van der Waals surface area (Å²) in [6.45, 7) is 0.535. The van der Waals surface area contributed by atoms with Crippen molar-refractivity contribution in [3.63, 3.8) is 0 Å². The van der Waals surface area contributed by atoms with Crippen LogP contribution < -0.4 is 10.7 Å². The number of allylic oxidation sites excluding steroid dienone is 2. The third-order valence-electron chi connectivity index (χ3n) is 6.71. The van der Waals surface area contributed by atoms with Gasteiger partial charge in [-0.3, -0.25) is 19.8 Å². The summed E-state index contributed by atoms with van der Waals surface area (Å²) in [7, 11) is 1.45. The molecule has 2 amide bonds. The zero-order valence-corrected chi connectivity index (χ0v) is 20.1. The fourth-order valence-electron chi connectivity index (χ4n) is 5.02. The molecule has 3 N–H and O–H groups in total. The Morgan fingerprint density at radius 3 is 2.79 bits per heavy atom. The summed E-state index contributed by atoms with van der Waals surface area (Å²) in [4.78, 5) is 46.6. The monoisotopic (exact) mass is 487 g/mol. The molecule has 0 bridgehead atoms. The number of carbonyl (C=O) groups excluding carboxylic acids is 3. The van der Waals surface area contributed by atoms with E-state index in [9.17, 15) is 14.4 Å². The average molecular weight is 488 g/mol. The molecule has 182 valence electrons. The number of fused-ring (bicyclic) bond motifs is 1. The van der Waals surface area contributed by atoms with Gasteiger partial charge in [0.2, 0.25) is 11.6 Å². The Balaban J connectivity index is 1.48. The molecule has 1 saturated carbocycles. The SMILES string of the molecule is CO/N=C/C=C\C(=[NH2+])c1ccc(C(=O)NC(C(=O)N2CC[C@H]3OCC(=O)[C@H]32)C2CCCCC2)s1. The highest BCUT2D eigenvalue weighted by Crippen LogP contribution is 2.32. The van der Waals surface area contributed by atoms with Crippen LogP contribution in [0.1, 0.15) is 53.1 Å². The minimum atomic E-state index is -0.656. The van der Waals surface area contributed by atoms with Gasteiger partial charge < -0.3 is 19.8 Å². The molecule has 3 atom stereocenters. The Morgan fingerprint density at radius 1 is 1.26 bits per heavy atom. The smallest absolute Gasteiger partial charge is 0.262 e. The number of amides is 2. The van der Waals surface area contributed by atoms with E-state index >= 15 is 0 Å². The molecular formula is C24H31N4O5S+. The molecule has 10 heteroatoms. The number of oxime groups is 1. The summed E-state index contributed by atoms with van der Waals surface area (Å²) >= 11 is 1.26. The number of hydrogen-bond acceptors (Lipinski definition) is 7. The summed E-state index contributed by atoms with van der Waals surface area (Å²) < 4.78 is 5.55. The fourth-order valence-corrected chi connectivity index (χ4v) is 5.87. The van der Waals surface area contributed by atoms with Crippen molar-refractivity contribution in [3.05, 3.63) is 34.0 Å². The van der Waals surface area contributed by atoms with Gasteiger partial charge in [-0.1, -0.05) is 24.4 Å². The number of ketones is 1. The number of nitrogens with one attached hydrogen (secondary N) is 1. The second kappa shape index (κ2) is 11.1. The highest BCUT2D eigenvalue weighted by atomic mass is 32.1. The zero-order chi connectivity index (χ0) is 24.1. The van der Waals surface area contributed by atoms with E-state index in [0.29, 0.717) is 23.6 Å². The zero-order valence-electron chi connectivity index (χ0n) is 19.3. The maximum Gasteiger partial charge on any atom is 0.262 e. The number of hydrogen-bond donors (Lipinski definition) is 2. The van der Waals surface area contributed by atoms with Crippen LogP contribution in [0.15, 0.2) is 29.4 Å². The Labute approximate surface area is 202 Å². The van der Waals surface area contributed by atoms with E-state index in [2.05, 4.69) is 15.3 Å². The molecule has 3 heterocycles. The maximum atomic E-state index is 13.6. The number of rotatable bonds is 8. The standard InChI is InChI=1S/C24H30N4O5S/c1-32-26-12-5-8-16(25)19-9-10-20(34-19)23(30)27-21(15-6-3-2-4-7-15)24(31)28-13-11-18-22(28)17(29)14-33-18/h5,8-10,12,15,18,21-22,25H,2-4,6-7,11,13-14H2,1H3,(H,27,30)/p+1/b8-5-,25-16?,26-12+/t18-,21?,22-/m1/s1. The third kappa shape index (κ3) is 5.28. The topological polar surface area (TPSA) is 123 Å². The lowest BCUT2D eigenvalue weighted by Crippen LogP contribution is -2.55. The summed E-state index contributed by atoms with van der Waals surface area (Å²) in [6, 6.07) is 2.31. The van der Waals surface area contributed by atoms with Gasteiger partial charge in [-0.25, -0.2) is 0 Å². The maximum absolute atomic E-state index is 13.6. The van der Waals surface area contributed by atoms with Gasteiger partial charge in [-0.15, -0.1) is 11.3 Å². The van der Waals surface area contributed by atoms with Gasteiger partial charge in [-0.05, 0) is 43.4 Å². The van der Waals surface area contributed by atoms with Crippen LogP contribution >= 0.6 is 11.3 Å². The second-order valence-corrected chi connectivity index (χ2v) is 9.93. The van der Waals surface area contributed by atoms with Crippen molar-refractivity contribution >= 4 is 40.9 Å². The molecule has 3 fully saturated rings. The second-order valence-electron chi connectivity index (χ2n) is 8.85. The van der Waals surface area contributed by atoms with Gasteiger partial charge >= 0.3 is 0 Å². The highest BCUT2D eigenvalue weighted by Gasteiger charge is 2.49. The van der Waals surface area contributed by atoms with Crippen molar-refractivity contribution in [2.24, 2.45) is 11.1 Å². The first kappa shape index (κ1) is 24.3. The van der Waals surface area contributed by atoms with E-state index in [0.717, 1.165) is 37.0 Å². The number of carbonyl (C=O) groups is 3. The van der Waals surface area contributed by atoms with Crippen molar-refractivity contribution in [3.8, 4) is 0 Å². The number of nitrogens with zero attached hydrogens (tertiary/aromatic N) is 2. The minimum absolute atomic E-state index is 0.0536. The number of ether oxygens (including phenoxy) is 1. The Bertz CT molecular complexity index is 997. The van der Waals surface area contributed by atoms with Gasteiger partial charge in [0, 0.05) is 12.6 Å². The molecule has 0 radical (unpaired) electrons. The predicted molar refractivity (Wildman–Crippen MR) is 128 cm³/mol. The summed E-state index contributed by atoms with van der Waals surface area (Å²) in [5.41, 5.74) is 0.495. The minimum Gasteiger partial charge on any atom is -0.399 e. The molecule has 0 spiro atoms. The van der Waals surface area contributed by atoms with Crippen LogP contribution in [0.5, 0.6) is 0 Å². The molecular weight excluding hydrogens is 456 g/mol. The molecule has 1 aliphatic carbocycles. The van der Waals surface area contributed by atoms with E-state index in [1.54, 1.807) is 29.2 Å². The summed E-state index contributed by atoms with van der Waals surface area (Å²) in [6.07, 6.45) is 10.2. The third-order valence-corrected chi connectivity index (χ3v) is 7.84. The van der Waals surface area contributed by atoms with Crippen LogP contribution in [0.3, 0.4) is 0 Å². The van der Waals surface area contributed by atoms with Crippen LogP contribution in [-0.4, -0.2) is 72.9 Å². The van der Waals surface area contributed by atoms with Crippen molar-refractivity contribution in [1.29, 1.82) is 0 Å². The normalized spacial score (nSPS) is 24.0. The Morgan fingerprint density at radius 2 is 2.03 bits per heavy atom. The Kier molecular flexibility index (Phi) is 7.89. The first-order valence-corrected chi connectivity index (χ1v) is 12.5. The van der Waals surface area contributed by atoms with Crippen molar-refractivity contribution in [2.75, 3.05) is 20.3 Å². The number of thiophene rings is 1. The van der Waals surface area contributed by atoms with E-state index < -0.39 is 12.1 Å². The van der Waals surface area contributed by atoms with Crippen molar-refractivity contribution in [1.82, 2.24) is 10.2 Å². The molecule has 2 aliphatic heterocycles.